The molecule has 0 spiro atoms. The molecule has 1 aromatic rings. The molecular formula is C20H27ClN4O3. The number of rotatable bonds is 5. The van der Waals surface area contributed by atoms with E-state index in [9.17, 15) is 14.4 Å². The lowest BCUT2D eigenvalue weighted by Gasteiger charge is -2.23. The van der Waals surface area contributed by atoms with Crippen LogP contribution in [0.15, 0.2) is 24.3 Å². The Hall–Kier alpha value is -2.28. The van der Waals surface area contributed by atoms with Gasteiger partial charge in [0.2, 0.25) is 11.8 Å². The number of halogens is 1. The van der Waals surface area contributed by atoms with Crippen molar-refractivity contribution in [2.24, 2.45) is 11.8 Å². The lowest BCUT2D eigenvalue weighted by Crippen LogP contribution is -2.44. The summed E-state index contributed by atoms with van der Waals surface area (Å²) in [7, 11) is 0. The monoisotopic (exact) mass is 406 g/mol. The van der Waals surface area contributed by atoms with Crippen LogP contribution in [0.2, 0.25) is 5.02 Å². The number of carbonyl (C=O) groups is 3. The summed E-state index contributed by atoms with van der Waals surface area (Å²) < 4.78 is 0. The highest BCUT2D eigenvalue weighted by Crippen LogP contribution is 2.33. The molecule has 1 saturated heterocycles. The maximum atomic E-state index is 12.6. The Kier molecular flexibility index (Phi) is 6.78. The molecule has 8 heteroatoms. The molecule has 2 fully saturated rings. The van der Waals surface area contributed by atoms with Crippen molar-refractivity contribution >= 4 is 29.4 Å². The number of hydrogen-bond acceptors (Lipinski definition) is 3. The zero-order chi connectivity index (χ0) is 20.1. The van der Waals surface area contributed by atoms with E-state index >= 15 is 0 Å². The first-order valence-corrected chi connectivity index (χ1v) is 10.2. The van der Waals surface area contributed by atoms with Gasteiger partial charge in [-0.25, -0.2) is 4.79 Å². The van der Waals surface area contributed by atoms with E-state index in [2.05, 4.69) is 16.0 Å². The molecule has 1 heterocycles. The molecule has 0 unspecified atom stereocenters. The zero-order valence-corrected chi connectivity index (χ0v) is 16.8. The number of benzene rings is 1. The van der Waals surface area contributed by atoms with Gasteiger partial charge in [0.15, 0.2) is 0 Å². The topological polar surface area (TPSA) is 90.5 Å². The molecular weight excluding hydrogens is 380 g/mol. The van der Waals surface area contributed by atoms with Gasteiger partial charge < -0.3 is 20.9 Å². The molecule has 0 bridgehead atoms. The van der Waals surface area contributed by atoms with Crippen LogP contribution in [-0.2, 0) is 16.1 Å². The van der Waals surface area contributed by atoms with Crippen molar-refractivity contribution in [2.75, 3.05) is 19.6 Å². The average molecular weight is 407 g/mol. The molecule has 3 rings (SSSR count). The fraction of sp³-hybridized carbons (Fsp3) is 0.550. The molecule has 0 aromatic heterocycles. The van der Waals surface area contributed by atoms with Crippen LogP contribution in [0.4, 0.5) is 4.79 Å². The van der Waals surface area contributed by atoms with Gasteiger partial charge in [-0.05, 0) is 36.8 Å². The van der Waals surface area contributed by atoms with Crippen molar-refractivity contribution in [3.05, 3.63) is 34.9 Å². The lowest BCUT2D eigenvalue weighted by atomic mass is 10.0. The van der Waals surface area contributed by atoms with Gasteiger partial charge in [-0.3, -0.25) is 9.59 Å². The molecule has 152 valence electrons. The standard InChI is InChI=1S/C20H27ClN4O3/c1-2-7-22-20(28)25-11-15-8-14(9-17(15)24-18(26)12-25)19(27)23-10-13-5-3-4-6-16(13)21/h3-6,14-15,17H,2,7-12H2,1H3,(H,22,28)(H,23,27)(H,24,26)/t14-,15+,17+/m0/s1. The summed E-state index contributed by atoms with van der Waals surface area (Å²) in [6, 6.07) is 7.12. The smallest absolute Gasteiger partial charge is 0.317 e. The molecule has 4 amide bonds. The van der Waals surface area contributed by atoms with E-state index in [-0.39, 0.29) is 42.3 Å². The van der Waals surface area contributed by atoms with E-state index in [0.717, 1.165) is 12.0 Å². The summed E-state index contributed by atoms with van der Waals surface area (Å²) in [4.78, 5) is 38.7. The van der Waals surface area contributed by atoms with Gasteiger partial charge in [-0.15, -0.1) is 0 Å². The molecule has 0 radical (unpaired) electrons. The van der Waals surface area contributed by atoms with Crippen molar-refractivity contribution in [2.45, 2.75) is 38.8 Å². The van der Waals surface area contributed by atoms with Gasteiger partial charge in [0, 0.05) is 36.6 Å². The summed E-state index contributed by atoms with van der Waals surface area (Å²) in [5.74, 6) is -0.313. The van der Waals surface area contributed by atoms with Crippen LogP contribution in [-0.4, -0.2) is 48.4 Å². The summed E-state index contributed by atoms with van der Waals surface area (Å²) >= 11 is 6.14. The molecule has 1 aliphatic heterocycles. The molecule has 1 aliphatic carbocycles. The largest absolute Gasteiger partial charge is 0.352 e. The number of carbonyl (C=O) groups excluding carboxylic acids is 3. The Bertz CT molecular complexity index is 742. The van der Waals surface area contributed by atoms with Gasteiger partial charge >= 0.3 is 6.03 Å². The minimum absolute atomic E-state index is 0.0378. The second-order valence-corrected chi connectivity index (χ2v) is 7.93. The lowest BCUT2D eigenvalue weighted by molar-refractivity contribution is -0.125. The number of amides is 4. The Morgan fingerprint density at radius 2 is 2.04 bits per heavy atom. The predicted molar refractivity (Wildman–Crippen MR) is 107 cm³/mol. The molecule has 3 N–H and O–H groups in total. The van der Waals surface area contributed by atoms with Crippen molar-refractivity contribution in [3.63, 3.8) is 0 Å². The Morgan fingerprint density at radius 1 is 1.25 bits per heavy atom. The van der Waals surface area contributed by atoms with Gasteiger partial charge in [0.05, 0.1) is 0 Å². The zero-order valence-electron chi connectivity index (χ0n) is 16.0. The summed E-state index contributed by atoms with van der Waals surface area (Å²) in [6.45, 7) is 3.48. The summed E-state index contributed by atoms with van der Waals surface area (Å²) in [6.07, 6.45) is 2.08. The van der Waals surface area contributed by atoms with Crippen LogP contribution in [0.5, 0.6) is 0 Å². The van der Waals surface area contributed by atoms with Crippen LogP contribution in [0.25, 0.3) is 0 Å². The van der Waals surface area contributed by atoms with E-state index in [1.807, 2.05) is 25.1 Å². The number of fused-ring (bicyclic) bond motifs is 1. The maximum Gasteiger partial charge on any atom is 0.317 e. The van der Waals surface area contributed by atoms with Crippen molar-refractivity contribution in [1.82, 2.24) is 20.9 Å². The fourth-order valence-electron chi connectivity index (χ4n) is 3.96. The normalized spacial score (nSPS) is 24.1. The number of nitrogens with one attached hydrogen (secondary N) is 3. The third-order valence-electron chi connectivity index (χ3n) is 5.43. The van der Waals surface area contributed by atoms with Crippen LogP contribution in [0.3, 0.4) is 0 Å². The SMILES string of the molecule is CCCNC(=O)N1CC(=O)N[C@@H]2C[C@@H](C(=O)NCc3ccccc3Cl)C[C@@H]2C1. The molecule has 3 atom stereocenters. The Morgan fingerprint density at radius 3 is 2.79 bits per heavy atom. The highest BCUT2D eigenvalue weighted by atomic mass is 35.5. The van der Waals surface area contributed by atoms with Crippen LogP contribution in [0, 0.1) is 11.8 Å². The maximum absolute atomic E-state index is 12.6. The van der Waals surface area contributed by atoms with E-state index < -0.39 is 0 Å². The predicted octanol–water partition coefficient (Wildman–Crippen LogP) is 1.90. The van der Waals surface area contributed by atoms with E-state index in [1.54, 1.807) is 11.0 Å². The van der Waals surface area contributed by atoms with Crippen molar-refractivity contribution in [3.8, 4) is 0 Å². The fourth-order valence-corrected chi connectivity index (χ4v) is 4.16. The average Bonchev–Trinajstić information content (AvgIpc) is 2.99. The number of hydrogen-bond donors (Lipinski definition) is 3. The highest BCUT2D eigenvalue weighted by Gasteiger charge is 2.42. The van der Waals surface area contributed by atoms with Gasteiger partial charge in [0.25, 0.3) is 0 Å². The van der Waals surface area contributed by atoms with Crippen LogP contribution >= 0.6 is 11.6 Å². The third-order valence-corrected chi connectivity index (χ3v) is 5.79. The first kappa shape index (κ1) is 20.5. The molecule has 28 heavy (non-hydrogen) atoms. The van der Waals surface area contributed by atoms with Crippen molar-refractivity contribution < 1.29 is 14.4 Å². The quantitative estimate of drug-likeness (QED) is 0.697. The molecule has 2 aliphatic rings. The van der Waals surface area contributed by atoms with Crippen molar-refractivity contribution in [1.29, 1.82) is 0 Å². The molecule has 1 aromatic carbocycles. The minimum Gasteiger partial charge on any atom is -0.352 e. The molecule has 7 nitrogen and oxygen atoms in total. The minimum atomic E-state index is -0.218. The van der Waals surface area contributed by atoms with Gasteiger partial charge in [0.1, 0.15) is 6.54 Å². The Balaban J connectivity index is 1.57. The van der Waals surface area contributed by atoms with Gasteiger partial charge in [-0.2, -0.15) is 0 Å². The van der Waals surface area contributed by atoms with E-state index in [1.165, 1.54) is 0 Å². The van der Waals surface area contributed by atoms with Gasteiger partial charge in [-0.1, -0.05) is 36.7 Å². The second-order valence-electron chi connectivity index (χ2n) is 7.52. The second kappa shape index (κ2) is 9.28. The van der Waals surface area contributed by atoms with E-state index in [0.29, 0.717) is 37.5 Å². The number of nitrogens with zero attached hydrogens (tertiary/aromatic N) is 1. The summed E-state index contributed by atoms with van der Waals surface area (Å²) in [5, 5.41) is 9.39. The number of urea groups is 1. The Labute approximate surface area is 170 Å². The first-order chi connectivity index (χ1) is 13.5. The van der Waals surface area contributed by atoms with Crippen LogP contribution in [0.1, 0.15) is 31.7 Å². The summed E-state index contributed by atoms with van der Waals surface area (Å²) in [5.41, 5.74) is 0.872. The molecule has 1 saturated carbocycles. The first-order valence-electron chi connectivity index (χ1n) is 9.81. The highest BCUT2D eigenvalue weighted by molar-refractivity contribution is 6.31. The van der Waals surface area contributed by atoms with E-state index in [4.69, 9.17) is 11.6 Å². The third kappa shape index (κ3) is 4.95. The van der Waals surface area contributed by atoms with Crippen LogP contribution < -0.4 is 16.0 Å².